The van der Waals surface area contributed by atoms with Gasteiger partial charge in [0.1, 0.15) is 6.10 Å². The molecule has 0 aliphatic carbocycles. The second kappa shape index (κ2) is 12.4. The van der Waals surface area contributed by atoms with Gasteiger partial charge in [0, 0.05) is 12.0 Å². The van der Waals surface area contributed by atoms with E-state index in [1.807, 2.05) is 0 Å². The summed E-state index contributed by atoms with van der Waals surface area (Å²) in [5.74, 6) is -12.0. The number of halogens is 5. The Kier molecular flexibility index (Phi) is 10.2. The van der Waals surface area contributed by atoms with Gasteiger partial charge in [-0.1, -0.05) is 64.7 Å². The molecule has 1 aromatic rings. The summed E-state index contributed by atoms with van der Waals surface area (Å²) in [5.41, 5.74) is -1.03. The average molecular weight is 450 g/mol. The Bertz CT molecular complexity index is 711. The average Bonchev–Trinajstić information content (AvgIpc) is 2.74. The third-order valence-electron chi connectivity index (χ3n) is 5.89. The fourth-order valence-corrected chi connectivity index (χ4v) is 3.95. The van der Waals surface area contributed by atoms with Gasteiger partial charge in [0.05, 0.1) is 12.0 Å². The number of cyclic esters (lactones) is 1. The van der Waals surface area contributed by atoms with Crippen LogP contribution in [0.1, 0.15) is 83.1 Å². The Morgan fingerprint density at radius 3 is 1.81 bits per heavy atom. The summed E-state index contributed by atoms with van der Waals surface area (Å²) in [6.45, 7) is 2.18. The van der Waals surface area contributed by atoms with Gasteiger partial charge in [-0.05, 0) is 12.8 Å². The number of carbonyl (C=O) groups is 1. The van der Waals surface area contributed by atoms with Crippen molar-refractivity contribution < 1.29 is 36.6 Å². The number of carbonyl (C=O) groups excluding carboxylic acids is 1. The van der Waals surface area contributed by atoms with Gasteiger partial charge in [0.15, 0.2) is 23.3 Å². The largest absolute Gasteiger partial charge is 0.461 e. The minimum absolute atomic E-state index is 0.0722. The van der Waals surface area contributed by atoms with Crippen LogP contribution in [0, 0.1) is 35.0 Å². The molecule has 8 heteroatoms. The fraction of sp³-hybridized carbons (Fsp3) is 0.696. The number of aliphatic hydroxyl groups excluding tert-OH is 1. The number of esters is 1. The Morgan fingerprint density at radius 1 is 0.806 bits per heavy atom. The van der Waals surface area contributed by atoms with Crippen LogP contribution < -0.4 is 0 Å². The van der Waals surface area contributed by atoms with Crippen LogP contribution >= 0.6 is 0 Å². The standard InChI is InChI=1S/C23H31F5O3/c1-2-3-4-5-6-7-8-9-10-11-14(29)12-17-15(23(30)31-17)13-16-18(24)20(26)22(28)21(27)19(16)25/h14-15,17,29H,2-13H2,1H3/t14-,15+,17+/m0/s1. The fourth-order valence-electron chi connectivity index (χ4n) is 3.95. The molecular formula is C23H31F5O3. The van der Waals surface area contributed by atoms with E-state index in [2.05, 4.69) is 6.92 Å². The van der Waals surface area contributed by atoms with Crippen molar-refractivity contribution in [2.24, 2.45) is 5.92 Å². The maximum absolute atomic E-state index is 13.9. The number of ether oxygens (including phenoxy) is 1. The molecule has 1 N–H and O–H groups in total. The zero-order valence-corrected chi connectivity index (χ0v) is 17.9. The molecule has 0 amide bonds. The van der Waals surface area contributed by atoms with Crippen LogP contribution in [0.3, 0.4) is 0 Å². The van der Waals surface area contributed by atoms with Crippen molar-refractivity contribution in [1.82, 2.24) is 0 Å². The zero-order valence-electron chi connectivity index (χ0n) is 17.9. The summed E-state index contributed by atoms with van der Waals surface area (Å²) in [4.78, 5) is 11.7. The molecule has 31 heavy (non-hydrogen) atoms. The maximum atomic E-state index is 13.9. The first-order valence-corrected chi connectivity index (χ1v) is 11.2. The Hall–Kier alpha value is -1.70. The molecule has 0 unspecified atom stereocenters. The van der Waals surface area contributed by atoms with Crippen LogP contribution in [0.25, 0.3) is 0 Å². The van der Waals surface area contributed by atoms with E-state index in [0.717, 1.165) is 25.7 Å². The van der Waals surface area contributed by atoms with E-state index < -0.39 is 65.2 Å². The summed E-state index contributed by atoms with van der Waals surface area (Å²) < 4.78 is 72.6. The van der Waals surface area contributed by atoms with Gasteiger partial charge in [0.25, 0.3) is 0 Å². The van der Waals surface area contributed by atoms with Crippen molar-refractivity contribution >= 4 is 5.97 Å². The number of aliphatic hydroxyl groups is 1. The van der Waals surface area contributed by atoms with Gasteiger partial charge in [-0.2, -0.15) is 0 Å². The van der Waals surface area contributed by atoms with Gasteiger partial charge in [-0.3, -0.25) is 4.79 Å². The lowest BCUT2D eigenvalue weighted by Gasteiger charge is -2.36. The highest BCUT2D eigenvalue weighted by atomic mass is 19.2. The third kappa shape index (κ3) is 6.89. The molecular weight excluding hydrogens is 419 g/mol. The molecule has 3 atom stereocenters. The minimum Gasteiger partial charge on any atom is -0.461 e. The quantitative estimate of drug-likeness (QED) is 0.122. The highest BCUT2D eigenvalue weighted by Gasteiger charge is 2.44. The normalized spacial score (nSPS) is 19.3. The van der Waals surface area contributed by atoms with E-state index in [9.17, 15) is 31.9 Å². The number of rotatable bonds is 14. The smallest absolute Gasteiger partial charge is 0.313 e. The second-order valence-corrected chi connectivity index (χ2v) is 8.34. The van der Waals surface area contributed by atoms with Crippen LogP contribution in [0.5, 0.6) is 0 Å². The van der Waals surface area contributed by atoms with Gasteiger partial charge in [-0.15, -0.1) is 0 Å². The van der Waals surface area contributed by atoms with E-state index in [0.29, 0.717) is 6.42 Å². The van der Waals surface area contributed by atoms with E-state index in [4.69, 9.17) is 4.74 Å². The molecule has 0 spiro atoms. The summed E-state index contributed by atoms with van der Waals surface area (Å²) >= 11 is 0. The minimum atomic E-state index is -2.23. The number of hydrogen-bond donors (Lipinski definition) is 1. The molecule has 1 aliphatic heterocycles. The Labute approximate surface area is 180 Å². The maximum Gasteiger partial charge on any atom is 0.313 e. The predicted octanol–water partition coefficient (Wildman–Crippen LogP) is 6.14. The SMILES string of the molecule is CCCCCCCCCCC[C@H](O)C[C@H]1OC(=O)[C@@H]1Cc1c(F)c(F)c(F)c(F)c1F. The third-order valence-corrected chi connectivity index (χ3v) is 5.89. The van der Waals surface area contributed by atoms with Crippen molar-refractivity contribution in [2.75, 3.05) is 0 Å². The first kappa shape index (κ1) is 25.6. The Balaban J connectivity index is 1.76. The van der Waals surface area contributed by atoms with Crippen molar-refractivity contribution in [1.29, 1.82) is 0 Å². The van der Waals surface area contributed by atoms with Crippen LogP contribution in [0.15, 0.2) is 0 Å². The molecule has 0 radical (unpaired) electrons. The van der Waals surface area contributed by atoms with Crippen LogP contribution in [0.4, 0.5) is 22.0 Å². The van der Waals surface area contributed by atoms with Crippen LogP contribution in [-0.2, 0) is 16.0 Å². The summed E-state index contributed by atoms with van der Waals surface area (Å²) in [7, 11) is 0. The molecule has 176 valence electrons. The van der Waals surface area contributed by atoms with Crippen molar-refractivity contribution in [3.05, 3.63) is 34.6 Å². The van der Waals surface area contributed by atoms with E-state index in [1.165, 1.54) is 32.1 Å². The molecule has 1 aromatic carbocycles. The molecule has 1 aliphatic rings. The summed E-state index contributed by atoms with van der Waals surface area (Å²) in [6.07, 6.45) is 8.56. The van der Waals surface area contributed by atoms with Gasteiger partial charge >= 0.3 is 5.97 Å². The molecule has 3 nitrogen and oxygen atoms in total. The molecule has 1 saturated heterocycles. The van der Waals surface area contributed by atoms with E-state index >= 15 is 0 Å². The molecule has 0 saturated carbocycles. The van der Waals surface area contributed by atoms with Crippen molar-refractivity contribution in [3.63, 3.8) is 0 Å². The zero-order chi connectivity index (χ0) is 23.0. The van der Waals surface area contributed by atoms with Gasteiger partial charge in [-0.25, -0.2) is 22.0 Å². The van der Waals surface area contributed by atoms with Crippen molar-refractivity contribution in [3.8, 4) is 0 Å². The van der Waals surface area contributed by atoms with Crippen LogP contribution in [-0.4, -0.2) is 23.3 Å². The number of benzene rings is 1. The summed E-state index contributed by atoms with van der Waals surface area (Å²) in [5, 5.41) is 10.2. The highest BCUT2D eigenvalue weighted by molar-refractivity contribution is 5.79. The summed E-state index contributed by atoms with van der Waals surface area (Å²) in [6, 6.07) is 0. The lowest BCUT2D eigenvalue weighted by atomic mass is 9.85. The first-order chi connectivity index (χ1) is 14.8. The molecule has 1 heterocycles. The van der Waals surface area contributed by atoms with Gasteiger partial charge in [0.2, 0.25) is 5.82 Å². The topological polar surface area (TPSA) is 46.5 Å². The number of hydrogen-bond acceptors (Lipinski definition) is 3. The Morgan fingerprint density at radius 2 is 1.29 bits per heavy atom. The van der Waals surface area contributed by atoms with E-state index in [1.54, 1.807) is 0 Å². The monoisotopic (exact) mass is 450 g/mol. The lowest BCUT2D eigenvalue weighted by molar-refractivity contribution is -0.187. The highest BCUT2D eigenvalue weighted by Crippen LogP contribution is 2.33. The lowest BCUT2D eigenvalue weighted by Crippen LogP contribution is -2.48. The molecule has 0 bridgehead atoms. The second-order valence-electron chi connectivity index (χ2n) is 8.34. The van der Waals surface area contributed by atoms with Gasteiger partial charge < -0.3 is 9.84 Å². The predicted molar refractivity (Wildman–Crippen MR) is 106 cm³/mol. The first-order valence-electron chi connectivity index (χ1n) is 11.2. The van der Waals surface area contributed by atoms with Crippen LogP contribution in [0.2, 0.25) is 0 Å². The van der Waals surface area contributed by atoms with Crippen molar-refractivity contribution in [2.45, 2.75) is 96.2 Å². The molecule has 1 fully saturated rings. The van der Waals surface area contributed by atoms with E-state index in [-0.39, 0.29) is 6.42 Å². The number of unbranched alkanes of at least 4 members (excludes halogenated alkanes) is 8. The molecule has 2 rings (SSSR count). The molecule has 0 aromatic heterocycles.